The van der Waals surface area contributed by atoms with Gasteiger partial charge in [-0.05, 0) is 0 Å². The van der Waals surface area contributed by atoms with Crippen LogP contribution in [0.5, 0.6) is 0 Å². The molecular formula is C6H4ClN3OS. The molecule has 0 aliphatic rings. The van der Waals surface area contributed by atoms with E-state index in [0.717, 1.165) is 0 Å². The summed E-state index contributed by atoms with van der Waals surface area (Å²) in [6.45, 7) is 0. The standard InChI is InChI=1S/C6H4ClN3OS/c7-1-5-9-6(11-10-5)4-2-12-3-8-4/h2-3H,1H2. The number of halogens is 1. The lowest BCUT2D eigenvalue weighted by Gasteiger charge is -1.80. The van der Waals surface area contributed by atoms with Crippen molar-refractivity contribution in [1.29, 1.82) is 0 Å². The molecule has 0 amide bonds. The maximum atomic E-state index is 5.50. The zero-order valence-electron chi connectivity index (χ0n) is 5.90. The van der Waals surface area contributed by atoms with Gasteiger partial charge in [-0.1, -0.05) is 5.16 Å². The summed E-state index contributed by atoms with van der Waals surface area (Å²) < 4.78 is 4.90. The summed E-state index contributed by atoms with van der Waals surface area (Å²) in [5, 5.41) is 5.48. The summed E-state index contributed by atoms with van der Waals surface area (Å²) in [5.41, 5.74) is 2.41. The highest BCUT2D eigenvalue weighted by Gasteiger charge is 2.08. The highest BCUT2D eigenvalue weighted by atomic mass is 35.5. The predicted octanol–water partition coefficient (Wildman–Crippen LogP) is 1.93. The molecule has 0 saturated heterocycles. The van der Waals surface area contributed by atoms with Crippen molar-refractivity contribution < 1.29 is 4.52 Å². The van der Waals surface area contributed by atoms with E-state index >= 15 is 0 Å². The van der Waals surface area contributed by atoms with Gasteiger partial charge in [0.15, 0.2) is 5.82 Å². The average molecular weight is 202 g/mol. The maximum absolute atomic E-state index is 5.50. The molecule has 12 heavy (non-hydrogen) atoms. The molecule has 0 unspecified atom stereocenters. The monoisotopic (exact) mass is 201 g/mol. The van der Waals surface area contributed by atoms with Crippen molar-refractivity contribution in [3.8, 4) is 11.6 Å². The third-order valence-electron chi connectivity index (χ3n) is 1.24. The number of alkyl halides is 1. The van der Waals surface area contributed by atoms with E-state index in [1.807, 2.05) is 5.38 Å². The van der Waals surface area contributed by atoms with Crippen LogP contribution in [0.25, 0.3) is 11.6 Å². The maximum Gasteiger partial charge on any atom is 0.277 e. The first-order valence-corrected chi connectivity index (χ1v) is 4.65. The molecule has 2 aromatic rings. The van der Waals surface area contributed by atoms with Crippen LogP contribution in [0.1, 0.15) is 5.82 Å². The Morgan fingerprint density at radius 2 is 2.50 bits per heavy atom. The Hall–Kier alpha value is -0.940. The van der Waals surface area contributed by atoms with Crippen molar-refractivity contribution in [3.63, 3.8) is 0 Å². The van der Waals surface area contributed by atoms with Crippen molar-refractivity contribution in [3.05, 3.63) is 16.7 Å². The van der Waals surface area contributed by atoms with Gasteiger partial charge in [-0.2, -0.15) is 4.98 Å². The molecule has 2 heterocycles. The minimum absolute atomic E-state index is 0.258. The third-order valence-corrected chi connectivity index (χ3v) is 2.06. The Bertz CT molecular complexity index is 359. The average Bonchev–Trinajstić information content (AvgIpc) is 2.75. The van der Waals surface area contributed by atoms with Crippen molar-refractivity contribution in [2.45, 2.75) is 5.88 Å². The first-order chi connectivity index (χ1) is 5.90. The van der Waals surface area contributed by atoms with E-state index in [1.165, 1.54) is 11.3 Å². The van der Waals surface area contributed by atoms with Gasteiger partial charge in [0.1, 0.15) is 5.69 Å². The summed E-state index contributed by atoms with van der Waals surface area (Å²) in [6.07, 6.45) is 0. The van der Waals surface area contributed by atoms with E-state index in [0.29, 0.717) is 17.4 Å². The molecule has 62 valence electrons. The number of nitrogens with zero attached hydrogens (tertiary/aromatic N) is 3. The van der Waals surface area contributed by atoms with Crippen LogP contribution in [0, 0.1) is 0 Å². The number of hydrogen-bond donors (Lipinski definition) is 0. The van der Waals surface area contributed by atoms with Crippen LogP contribution < -0.4 is 0 Å². The second kappa shape index (κ2) is 3.20. The molecule has 0 atom stereocenters. The fraction of sp³-hybridized carbons (Fsp3) is 0.167. The van der Waals surface area contributed by atoms with Crippen molar-refractivity contribution >= 4 is 22.9 Å². The lowest BCUT2D eigenvalue weighted by Crippen LogP contribution is -1.80. The quantitative estimate of drug-likeness (QED) is 0.697. The predicted molar refractivity (Wildman–Crippen MR) is 45.0 cm³/mol. The molecule has 0 fully saturated rings. The van der Waals surface area contributed by atoms with E-state index in [1.54, 1.807) is 5.51 Å². The highest BCUT2D eigenvalue weighted by Crippen LogP contribution is 2.16. The van der Waals surface area contributed by atoms with E-state index in [4.69, 9.17) is 16.1 Å². The van der Waals surface area contributed by atoms with E-state index in [2.05, 4.69) is 15.1 Å². The minimum atomic E-state index is 0.258. The second-order valence-electron chi connectivity index (χ2n) is 2.02. The van der Waals surface area contributed by atoms with Crippen LogP contribution in [0.15, 0.2) is 15.4 Å². The van der Waals surface area contributed by atoms with Crippen molar-refractivity contribution in [2.75, 3.05) is 0 Å². The smallest absolute Gasteiger partial charge is 0.277 e. The van der Waals surface area contributed by atoms with Gasteiger partial charge in [0.2, 0.25) is 0 Å². The van der Waals surface area contributed by atoms with Crippen LogP contribution in [0.4, 0.5) is 0 Å². The van der Waals surface area contributed by atoms with Crippen LogP contribution >= 0.6 is 22.9 Å². The summed E-state index contributed by atoms with van der Waals surface area (Å²) >= 11 is 6.98. The number of aromatic nitrogens is 3. The van der Waals surface area contributed by atoms with Crippen LogP contribution in [0.3, 0.4) is 0 Å². The van der Waals surface area contributed by atoms with Gasteiger partial charge in [-0.3, -0.25) is 0 Å². The Balaban J connectivity index is 2.35. The van der Waals surface area contributed by atoms with Gasteiger partial charge in [-0.15, -0.1) is 22.9 Å². The molecule has 2 aromatic heterocycles. The first-order valence-electron chi connectivity index (χ1n) is 3.17. The third kappa shape index (κ3) is 1.33. The Kier molecular flexibility index (Phi) is 2.05. The van der Waals surface area contributed by atoms with Crippen LogP contribution in [-0.2, 0) is 5.88 Å². The zero-order valence-corrected chi connectivity index (χ0v) is 7.47. The van der Waals surface area contributed by atoms with Crippen LogP contribution in [0.2, 0.25) is 0 Å². The summed E-state index contributed by atoms with van der Waals surface area (Å²) in [7, 11) is 0. The molecule has 0 spiro atoms. The van der Waals surface area contributed by atoms with Crippen molar-refractivity contribution in [2.24, 2.45) is 0 Å². The van der Waals surface area contributed by atoms with Gasteiger partial charge in [0.05, 0.1) is 11.4 Å². The topological polar surface area (TPSA) is 51.8 Å². The van der Waals surface area contributed by atoms with E-state index in [9.17, 15) is 0 Å². The summed E-state index contributed by atoms with van der Waals surface area (Å²) in [5.74, 6) is 1.17. The molecule has 0 aliphatic heterocycles. The van der Waals surface area contributed by atoms with E-state index < -0.39 is 0 Å². The lowest BCUT2D eigenvalue weighted by molar-refractivity contribution is 0.424. The normalized spacial score (nSPS) is 10.4. The second-order valence-corrected chi connectivity index (χ2v) is 3.01. The Morgan fingerprint density at radius 3 is 3.08 bits per heavy atom. The molecule has 2 rings (SSSR count). The highest BCUT2D eigenvalue weighted by molar-refractivity contribution is 7.07. The summed E-state index contributed by atoms with van der Waals surface area (Å²) in [6, 6.07) is 0. The van der Waals surface area contributed by atoms with Gasteiger partial charge in [0.25, 0.3) is 5.89 Å². The lowest BCUT2D eigenvalue weighted by atomic mass is 10.5. The minimum Gasteiger partial charge on any atom is -0.332 e. The largest absolute Gasteiger partial charge is 0.332 e. The molecule has 0 aliphatic carbocycles. The fourth-order valence-electron chi connectivity index (χ4n) is 0.730. The number of rotatable bonds is 2. The van der Waals surface area contributed by atoms with Gasteiger partial charge >= 0.3 is 0 Å². The zero-order chi connectivity index (χ0) is 8.39. The van der Waals surface area contributed by atoms with Gasteiger partial charge in [-0.25, -0.2) is 4.98 Å². The molecule has 0 aromatic carbocycles. The van der Waals surface area contributed by atoms with Crippen LogP contribution in [-0.4, -0.2) is 15.1 Å². The molecule has 4 nitrogen and oxygen atoms in total. The Morgan fingerprint density at radius 1 is 1.58 bits per heavy atom. The molecule has 0 N–H and O–H groups in total. The molecule has 6 heteroatoms. The number of thiazole rings is 1. The SMILES string of the molecule is ClCc1noc(-c2cscn2)n1. The summed E-state index contributed by atoms with van der Waals surface area (Å²) in [4.78, 5) is 8.02. The molecular weight excluding hydrogens is 198 g/mol. The molecule has 0 saturated carbocycles. The van der Waals surface area contributed by atoms with Gasteiger partial charge in [0, 0.05) is 5.38 Å². The first kappa shape index (κ1) is 7.70. The number of hydrogen-bond acceptors (Lipinski definition) is 5. The van der Waals surface area contributed by atoms with Crippen molar-refractivity contribution in [1.82, 2.24) is 15.1 Å². The molecule has 0 bridgehead atoms. The molecule has 0 radical (unpaired) electrons. The van der Waals surface area contributed by atoms with E-state index in [-0.39, 0.29) is 5.88 Å². The Labute approximate surface area is 77.2 Å². The van der Waals surface area contributed by atoms with Gasteiger partial charge < -0.3 is 4.52 Å². The fourth-order valence-corrected chi connectivity index (χ4v) is 1.36.